The van der Waals surface area contributed by atoms with Crippen LogP contribution in [0.15, 0.2) is 24.3 Å². The van der Waals surface area contributed by atoms with Gasteiger partial charge in [-0.1, -0.05) is 32.1 Å². The van der Waals surface area contributed by atoms with Crippen LogP contribution in [0.4, 0.5) is 0 Å². The van der Waals surface area contributed by atoms with Gasteiger partial charge in [0.15, 0.2) is 5.79 Å². The molecule has 2 fully saturated rings. The fraction of sp³-hybridized carbons (Fsp3) is 0.789. The lowest BCUT2D eigenvalue weighted by molar-refractivity contribution is -0.373. The third-order valence-corrected chi connectivity index (χ3v) is 7.97. The first kappa shape index (κ1) is 17.6. The SMILES string of the molecule is C[C@]12C=CC(O)(O)CC1C=C[C@@H]1[C@H]2CC[C@@]2(C)[C@H]1CC(O)(O)C2(O)O. The Morgan fingerprint density at radius 2 is 1.52 bits per heavy atom. The van der Waals surface area contributed by atoms with Crippen molar-refractivity contribution < 1.29 is 30.6 Å². The fourth-order valence-corrected chi connectivity index (χ4v) is 6.22. The number of hydrogen-bond donors (Lipinski definition) is 6. The molecule has 0 bridgehead atoms. The van der Waals surface area contributed by atoms with Crippen molar-refractivity contribution in [2.75, 3.05) is 0 Å². The molecule has 0 aromatic rings. The third-order valence-electron chi connectivity index (χ3n) is 7.97. The van der Waals surface area contributed by atoms with Crippen molar-refractivity contribution in [1.29, 1.82) is 0 Å². The van der Waals surface area contributed by atoms with Gasteiger partial charge in [0.2, 0.25) is 11.6 Å². The van der Waals surface area contributed by atoms with E-state index in [0.29, 0.717) is 12.8 Å². The molecule has 0 heterocycles. The quantitative estimate of drug-likeness (QED) is 0.274. The first-order chi connectivity index (χ1) is 11.3. The average Bonchev–Trinajstić information content (AvgIpc) is 2.64. The van der Waals surface area contributed by atoms with Gasteiger partial charge in [-0.2, -0.15) is 0 Å². The lowest BCUT2D eigenvalue weighted by Gasteiger charge is -2.57. The molecular formula is C19H28O6. The molecule has 2 saturated carbocycles. The van der Waals surface area contributed by atoms with Crippen molar-refractivity contribution in [2.24, 2.45) is 34.5 Å². The smallest absolute Gasteiger partial charge is 0.224 e. The number of allylic oxidation sites excluding steroid dienone is 3. The molecule has 4 rings (SSSR count). The molecule has 0 spiro atoms. The van der Waals surface area contributed by atoms with Crippen molar-refractivity contribution in [1.82, 2.24) is 0 Å². The maximum absolute atomic E-state index is 10.5. The maximum Gasteiger partial charge on any atom is 0.224 e. The van der Waals surface area contributed by atoms with E-state index in [-0.39, 0.29) is 41.9 Å². The summed E-state index contributed by atoms with van der Waals surface area (Å²) in [6, 6.07) is 0. The summed E-state index contributed by atoms with van der Waals surface area (Å²) in [4.78, 5) is 0. The minimum Gasteiger partial charge on any atom is -0.362 e. The zero-order valence-corrected chi connectivity index (χ0v) is 14.6. The first-order valence-electron chi connectivity index (χ1n) is 9.07. The van der Waals surface area contributed by atoms with Crippen LogP contribution in [0.2, 0.25) is 0 Å². The minimum absolute atomic E-state index is 0.0134. The Bertz CT molecular complexity index is 650. The molecule has 6 N–H and O–H groups in total. The number of fused-ring (bicyclic) bond motifs is 5. The molecule has 25 heavy (non-hydrogen) atoms. The molecule has 4 aliphatic carbocycles. The molecule has 140 valence electrons. The summed E-state index contributed by atoms with van der Waals surface area (Å²) in [7, 11) is 0. The van der Waals surface area contributed by atoms with E-state index < -0.39 is 22.8 Å². The molecule has 6 atom stereocenters. The summed E-state index contributed by atoms with van der Waals surface area (Å²) in [5.41, 5.74) is -1.26. The third kappa shape index (κ3) is 2.07. The van der Waals surface area contributed by atoms with Crippen molar-refractivity contribution >= 4 is 0 Å². The van der Waals surface area contributed by atoms with Gasteiger partial charge in [-0.3, -0.25) is 0 Å². The van der Waals surface area contributed by atoms with Crippen LogP contribution in [0.25, 0.3) is 0 Å². The summed E-state index contributed by atoms with van der Waals surface area (Å²) < 4.78 is 0. The van der Waals surface area contributed by atoms with E-state index in [4.69, 9.17) is 0 Å². The van der Waals surface area contributed by atoms with Crippen LogP contribution in [0.1, 0.15) is 39.5 Å². The topological polar surface area (TPSA) is 121 Å². The van der Waals surface area contributed by atoms with Gasteiger partial charge in [-0.05, 0) is 48.0 Å². The van der Waals surface area contributed by atoms with Gasteiger partial charge >= 0.3 is 0 Å². The average molecular weight is 352 g/mol. The molecule has 6 heteroatoms. The van der Waals surface area contributed by atoms with Crippen LogP contribution < -0.4 is 0 Å². The molecule has 6 nitrogen and oxygen atoms in total. The highest BCUT2D eigenvalue weighted by Crippen LogP contribution is 2.67. The lowest BCUT2D eigenvalue weighted by atomic mass is 9.48. The molecule has 0 aliphatic heterocycles. The molecular weight excluding hydrogens is 324 g/mol. The molecule has 0 saturated heterocycles. The summed E-state index contributed by atoms with van der Waals surface area (Å²) in [5.74, 6) is -6.99. The van der Waals surface area contributed by atoms with Gasteiger partial charge in [-0.25, -0.2) is 0 Å². The van der Waals surface area contributed by atoms with Gasteiger partial charge in [0, 0.05) is 18.3 Å². The molecule has 1 unspecified atom stereocenters. The van der Waals surface area contributed by atoms with Crippen LogP contribution in [-0.4, -0.2) is 48.0 Å². The zero-order chi connectivity index (χ0) is 18.5. The van der Waals surface area contributed by atoms with Crippen LogP contribution in [0.3, 0.4) is 0 Å². The summed E-state index contributed by atoms with van der Waals surface area (Å²) in [6.45, 7) is 3.84. The van der Waals surface area contributed by atoms with E-state index in [1.165, 1.54) is 6.08 Å². The van der Waals surface area contributed by atoms with Gasteiger partial charge in [0.25, 0.3) is 0 Å². The predicted octanol–water partition coefficient (Wildman–Crippen LogP) is 0.234. The summed E-state index contributed by atoms with van der Waals surface area (Å²) in [6.07, 6.45) is 8.67. The highest BCUT2D eigenvalue weighted by atomic mass is 16.6. The lowest BCUT2D eigenvalue weighted by Crippen LogP contribution is -2.60. The van der Waals surface area contributed by atoms with Gasteiger partial charge < -0.3 is 30.6 Å². The van der Waals surface area contributed by atoms with Gasteiger partial charge in [-0.15, -0.1) is 0 Å². The zero-order valence-electron chi connectivity index (χ0n) is 14.6. The number of rotatable bonds is 0. The number of hydrogen-bond acceptors (Lipinski definition) is 6. The second-order valence-electron chi connectivity index (χ2n) is 9.21. The molecule has 4 aliphatic rings. The Kier molecular flexibility index (Phi) is 3.35. The van der Waals surface area contributed by atoms with E-state index in [2.05, 4.69) is 6.92 Å². The van der Waals surface area contributed by atoms with Crippen molar-refractivity contribution in [3.63, 3.8) is 0 Å². The van der Waals surface area contributed by atoms with Gasteiger partial charge in [0.05, 0.1) is 0 Å². The van der Waals surface area contributed by atoms with E-state index in [1.54, 1.807) is 6.92 Å². The Hall–Kier alpha value is -0.760. The molecule has 0 aromatic carbocycles. The second kappa shape index (κ2) is 4.74. The van der Waals surface area contributed by atoms with E-state index in [9.17, 15) is 30.6 Å². The Balaban J connectivity index is 1.75. The summed E-state index contributed by atoms with van der Waals surface area (Å²) in [5, 5.41) is 61.3. The van der Waals surface area contributed by atoms with E-state index >= 15 is 0 Å². The van der Waals surface area contributed by atoms with Crippen molar-refractivity contribution in [2.45, 2.75) is 56.9 Å². The van der Waals surface area contributed by atoms with Crippen LogP contribution in [0, 0.1) is 34.5 Å². The van der Waals surface area contributed by atoms with Crippen LogP contribution in [0.5, 0.6) is 0 Å². The normalized spacial score (nSPS) is 51.5. The maximum atomic E-state index is 10.5. The van der Waals surface area contributed by atoms with Crippen LogP contribution in [-0.2, 0) is 0 Å². The molecule has 0 amide bonds. The van der Waals surface area contributed by atoms with E-state index in [1.807, 2.05) is 18.2 Å². The highest BCUT2D eigenvalue weighted by Gasteiger charge is 2.72. The Labute approximate surface area is 147 Å². The first-order valence-corrected chi connectivity index (χ1v) is 9.07. The predicted molar refractivity (Wildman–Crippen MR) is 88.4 cm³/mol. The molecule has 0 radical (unpaired) electrons. The summed E-state index contributed by atoms with van der Waals surface area (Å²) >= 11 is 0. The largest absolute Gasteiger partial charge is 0.362 e. The molecule has 0 aromatic heterocycles. The fourth-order valence-electron chi connectivity index (χ4n) is 6.22. The van der Waals surface area contributed by atoms with Crippen molar-refractivity contribution in [3.05, 3.63) is 24.3 Å². The Morgan fingerprint density at radius 1 is 0.840 bits per heavy atom. The minimum atomic E-state index is -2.55. The standard InChI is InChI=1S/C19H28O6/c1-15-7-8-17(20,21)9-11(15)3-4-12-13(15)5-6-16(2)14(12)10-18(22,23)19(16,24)25/h3-4,7-8,11-14,20-25H,5-6,9-10H2,1-2H3/t11?,12-,13-,14+,15+,16+/m1/s1. The number of aliphatic hydroxyl groups is 6. The van der Waals surface area contributed by atoms with Crippen LogP contribution >= 0.6 is 0 Å². The van der Waals surface area contributed by atoms with Gasteiger partial charge in [0.1, 0.15) is 0 Å². The Morgan fingerprint density at radius 3 is 2.20 bits per heavy atom. The van der Waals surface area contributed by atoms with Crippen molar-refractivity contribution in [3.8, 4) is 0 Å². The van der Waals surface area contributed by atoms with E-state index in [0.717, 1.165) is 0 Å². The second-order valence-corrected chi connectivity index (χ2v) is 9.21. The highest BCUT2D eigenvalue weighted by molar-refractivity contribution is 5.26. The monoisotopic (exact) mass is 352 g/mol.